The van der Waals surface area contributed by atoms with Crippen molar-refractivity contribution in [2.45, 2.75) is 45.5 Å². The van der Waals surface area contributed by atoms with Crippen LogP contribution >= 0.6 is 0 Å². The number of aromatic nitrogens is 1. The minimum absolute atomic E-state index is 0.165. The highest BCUT2D eigenvalue weighted by Gasteiger charge is 2.37. The number of fused-ring (bicyclic) bond motifs is 1. The Bertz CT molecular complexity index is 717. The van der Waals surface area contributed by atoms with Crippen LogP contribution in [-0.4, -0.2) is 25.0 Å². The molecule has 0 saturated carbocycles. The molecule has 2 aromatic rings. The summed E-state index contributed by atoms with van der Waals surface area (Å²) in [6.07, 6.45) is 1.68. The number of aliphatic hydroxyl groups is 1. The second-order valence-corrected chi connectivity index (χ2v) is 11.6. The van der Waals surface area contributed by atoms with E-state index >= 15 is 0 Å². The maximum absolute atomic E-state index is 8.73. The van der Waals surface area contributed by atoms with Crippen LogP contribution in [0.25, 0.3) is 11.1 Å². The van der Waals surface area contributed by atoms with Crippen molar-refractivity contribution in [1.29, 1.82) is 0 Å². The third kappa shape index (κ3) is 3.77. The maximum Gasteiger partial charge on any atom is 0.192 e. The Labute approximate surface area is 132 Å². The Kier molecular flexibility index (Phi) is 4.76. The predicted octanol–water partition coefficient (Wildman–Crippen LogP) is 3.69. The largest absolute Gasteiger partial charge is 0.457 e. The lowest BCUT2D eigenvalue weighted by Gasteiger charge is -2.35. The molecule has 0 spiro atoms. The van der Waals surface area contributed by atoms with Crippen LogP contribution in [0.4, 0.5) is 0 Å². The number of hydrogen-bond donors (Lipinski definition) is 1. The molecule has 0 amide bonds. The van der Waals surface area contributed by atoms with E-state index in [9.17, 15) is 0 Å². The lowest BCUT2D eigenvalue weighted by molar-refractivity contribution is 0.249. The number of nitrogens with zero attached hydrogens (tertiary/aromatic N) is 1. The van der Waals surface area contributed by atoms with E-state index in [0.29, 0.717) is 12.2 Å². The summed E-state index contributed by atoms with van der Waals surface area (Å²) in [7, 11) is -1.80. The number of rotatable bonds is 3. The Morgan fingerprint density at radius 2 is 2.05 bits per heavy atom. The average molecular weight is 317 g/mol. The summed E-state index contributed by atoms with van der Waals surface area (Å²) in [6, 6.07) is 3.74. The summed E-state index contributed by atoms with van der Waals surface area (Å²) < 4.78 is 12.0. The van der Waals surface area contributed by atoms with Crippen LogP contribution in [0, 0.1) is 11.8 Å². The molecule has 0 radical (unpaired) electrons. The molecule has 4 nitrogen and oxygen atoms in total. The van der Waals surface area contributed by atoms with Gasteiger partial charge in [0.2, 0.25) is 0 Å². The van der Waals surface area contributed by atoms with Gasteiger partial charge in [0.25, 0.3) is 0 Å². The molecule has 0 fully saturated rings. The Hall–Kier alpha value is -1.61. The molecule has 2 aromatic heterocycles. The quantitative estimate of drug-likeness (QED) is 0.693. The standard InChI is InChI=1S/C17H23NO3Si/c1-17(2,3)22(4,5)20-12-14-10-15-16(21-14)9-13(11-18-15)7-6-8-19/h9-11,19H,8,12H2,1-5H3. The van der Waals surface area contributed by atoms with Crippen LogP contribution < -0.4 is 0 Å². The van der Waals surface area contributed by atoms with E-state index in [1.807, 2.05) is 12.1 Å². The highest BCUT2D eigenvalue weighted by atomic mass is 28.4. The van der Waals surface area contributed by atoms with Gasteiger partial charge in [-0.05, 0) is 18.1 Å². The van der Waals surface area contributed by atoms with Crippen LogP contribution in [0.5, 0.6) is 0 Å². The first-order valence-electron chi connectivity index (χ1n) is 7.35. The summed E-state index contributed by atoms with van der Waals surface area (Å²) in [4.78, 5) is 4.33. The maximum atomic E-state index is 8.73. The SMILES string of the molecule is CC(C)(C)[Si](C)(C)OCc1cc2ncc(C#CCO)cc2o1. The Morgan fingerprint density at radius 3 is 2.68 bits per heavy atom. The molecule has 2 rings (SSSR count). The molecule has 0 saturated heterocycles. The molecule has 2 heterocycles. The average Bonchev–Trinajstić information content (AvgIpc) is 2.84. The van der Waals surface area contributed by atoms with E-state index in [4.69, 9.17) is 13.9 Å². The molecule has 0 aliphatic carbocycles. The fraction of sp³-hybridized carbons (Fsp3) is 0.471. The molecule has 0 bridgehead atoms. The molecule has 0 unspecified atom stereocenters. The van der Waals surface area contributed by atoms with Crippen LogP contribution in [0.15, 0.2) is 22.7 Å². The van der Waals surface area contributed by atoms with Gasteiger partial charge in [0, 0.05) is 23.9 Å². The summed E-state index contributed by atoms with van der Waals surface area (Å²) in [5.41, 5.74) is 2.22. The van der Waals surface area contributed by atoms with Crippen molar-refractivity contribution >= 4 is 19.4 Å². The van der Waals surface area contributed by atoms with Gasteiger partial charge >= 0.3 is 0 Å². The van der Waals surface area contributed by atoms with Gasteiger partial charge in [0.05, 0.1) is 6.61 Å². The van der Waals surface area contributed by atoms with E-state index < -0.39 is 8.32 Å². The number of pyridine rings is 1. The van der Waals surface area contributed by atoms with Crippen molar-refractivity contribution in [3.63, 3.8) is 0 Å². The van der Waals surface area contributed by atoms with Gasteiger partial charge in [-0.15, -0.1) is 0 Å². The minimum Gasteiger partial charge on any atom is -0.457 e. The van der Waals surface area contributed by atoms with Crippen molar-refractivity contribution in [1.82, 2.24) is 4.98 Å². The molecule has 0 atom stereocenters. The molecule has 0 aliphatic heterocycles. The second kappa shape index (κ2) is 6.25. The highest BCUT2D eigenvalue weighted by Crippen LogP contribution is 2.37. The zero-order valence-electron chi connectivity index (χ0n) is 13.9. The Balaban J connectivity index is 2.16. The van der Waals surface area contributed by atoms with Crippen molar-refractivity contribution in [2.24, 2.45) is 0 Å². The zero-order valence-corrected chi connectivity index (χ0v) is 14.9. The van der Waals surface area contributed by atoms with Gasteiger partial charge in [-0.1, -0.05) is 32.6 Å². The van der Waals surface area contributed by atoms with Crippen molar-refractivity contribution in [2.75, 3.05) is 6.61 Å². The van der Waals surface area contributed by atoms with Gasteiger partial charge in [-0.3, -0.25) is 4.98 Å². The first-order valence-corrected chi connectivity index (χ1v) is 10.3. The second-order valence-electron chi connectivity index (χ2n) is 6.83. The molecular formula is C17H23NO3Si. The molecule has 1 N–H and O–H groups in total. The van der Waals surface area contributed by atoms with Gasteiger partial charge < -0.3 is 13.9 Å². The minimum atomic E-state index is -1.80. The lowest BCUT2D eigenvalue weighted by atomic mass is 10.2. The fourth-order valence-electron chi connectivity index (χ4n) is 1.72. The van der Waals surface area contributed by atoms with Crippen molar-refractivity contribution < 1.29 is 13.9 Å². The third-order valence-corrected chi connectivity index (χ3v) is 8.59. The van der Waals surface area contributed by atoms with Gasteiger partial charge in [0.1, 0.15) is 17.9 Å². The van der Waals surface area contributed by atoms with Crippen LogP contribution in [0.2, 0.25) is 18.1 Å². The van der Waals surface area contributed by atoms with Crippen LogP contribution in [-0.2, 0) is 11.0 Å². The fourth-order valence-corrected chi connectivity index (χ4v) is 2.65. The van der Waals surface area contributed by atoms with Crippen molar-refractivity contribution in [3.8, 4) is 11.8 Å². The van der Waals surface area contributed by atoms with Gasteiger partial charge in [-0.2, -0.15) is 0 Å². The van der Waals surface area contributed by atoms with E-state index in [-0.39, 0.29) is 11.6 Å². The molecule has 118 valence electrons. The lowest BCUT2D eigenvalue weighted by Crippen LogP contribution is -2.40. The molecule has 0 aromatic carbocycles. The highest BCUT2D eigenvalue weighted by molar-refractivity contribution is 6.74. The van der Waals surface area contributed by atoms with E-state index in [1.165, 1.54) is 0 Å². The molecule has 5 heteroatoms. The summed E-state index contributed by atoms with van der Waals surface area (Å²) >= 11 is 0. The summed E-state index contributed by atoms with van der Waals surface area (Å²) in [5.74, 6) is 6.20. The third-order valence-electron chi connectivity index (χ3n) is 4.11. The monoisotopic (exact) mass is 317 g/mol. The first-order chi connectivity index (χ1) is 10.2. The normalized spacial score (nSPS) is 12.3. The van der Waals surface area contributed by atoms with E-state index in [2.05, 4.69) is 50.7 Å². The summed E-state index contributed by atoms with van der Waals surface area (Å²) in [6.45, 7) is 11.4. The molecule has 0 aliphatic rings. The predicted molar refractivity (Wildman–Crippen MR) is 90.0 cm³/mol. The van der Waals surface area contributed by atoms with Crippen LogP contribution in [0.1, 0.15) is 32.1 Å². The number of hydrogen-bond acceptors (Lipinski definition) is 4. The summed E-state index contributed by atoms with van der Waals surface area (Å²) in [5, 5.41) is 8.90. The van der Waals surface area contributed by atoms with Crippen molar-refractivity contribution in [3.05, 3.63) is 29.7 Å². The van der Waals surface area contributed by atoms with E-state index in [0.717, 1.165) is 16.8 Å². The number of furan rings is 1. The zero-order chi connectivity index (χ0) is 16.4. The Morgan fingerprint density at radius 1 is 1.32 bits per heavy atom. The van der Waals surface area contributed by atoms with Gasteiger partial charge in [-0.25, -0.2) is 0 Å². The molecular weight excluding hydrogens is 294 g/mol. The smallest absolute Gasteiger partial charge is 0.192 e. The first kappa shape index (κ1) is 16.8. The molecule has 22 heavy (non-hydrogen) atoms. The topological polar surface area (TPSA) is 55.5 Å². The van der Waals surface area contributed by atoms with E-state index in [1.54, 1.807) is 6.20 Å². The van der Waals surface area contributed by atoms with Crippen LogP contribution in [0.3, 0.4) is 0 Å². The van der Waals surface area contributed by atoms with Gasteiger partial charge in [0.15, 0.2) is 13.9 Å². The number of aliphatic hydroxyl groups excluding tert-OH is 1.